The first-order chi connectivity index (χ1) is 23.1. The number of rotatable bonds is 16. The number of carbonyl (C=O) groups excluding carboxylic acids is 2. The zero-order valence-corrected chi connectivity index (χ0v) is 29.2. The van der Waals surface area contributed by atoms with Crippen LogP contribution in [-0.2, 0) is 39.5 Å². The van der Waals surface area contributed by atoms with E-state index in [-0.39, 0.29) is 55.6 Å². The van der Waals surface area contributed by atoms with Gasteiger partial charge in [-0.2, -0.15) is 0 Å². The van der Waals surface area contributed by atoms with E-state index in [9.17, 15) is 34.8 Å². The number of sulfone groups is 1. The molecule has 0 atom stereocenters. The molecule has 0 radical (unpaired) electrons. The topological polar surface area (TPSA) is 217 Å². The smallest absolute Gasteiger partial charge is 0.264 e. The largest absolute Gasteiger partial charge is 0.497 e. The third kappa shape index (κ3) is 8.23. The number of hydrogen-bond acceptors (Lipinski definition) is 11. The standard InChI is InChI=1S/C31H31N5O9S4/c1-45-22-7-9-24(10-8-22)48(41,42)35(19-30(32)37)28-15-16-29(27-6-3-2-5-26(27)28)36(20-31(33)38)49(43,44)25-13-11-23(12-14-25)47(39,40)18-4-17-34-21-46/h2-3,5-16H,4,17-20H2,1H3,(H2,32,37)(H2,33,38). The number of fused-ring (bicyclic) bond motifs is 1. The molecule has 0 aliphatic carbocycles. The van der Waals surface area contributed by atoms with Gasteiger partial charge in [-0.25, -0.2) is 30.2 Å². The first kappa shape index (κ1) is 37.0. The Morgan fingerprint density at radius 3 is 1.55 bits per heavy atom. The number of ether oxygens (including phenoxy) is 1. The molecular formula is C31H31N5O9S4. The Morgan fingerprint density at radius 2 is 1.14 bits per heavy atom. The van der Waals surface area contributed by atoms with Gasteiger partial charge in [0.1, 0.15) is 18.8 Å². The van der Waals surface area contributed by atoms with Gasteiger partial charge in [0, 0.05) is 10.8 Å². The number of amides is 2. The van der Waals surface area contributed by atoms with E-state index in [0.717, 1.165) is 32.9 Å². The highest BCUT2D eigenvalue weighted by Crippen LogP contribution is 2.38. The van der Waals surface area contributed by atoms with Gasteiger partial charge in [-0.3, -0.25) is 18.2 Å². The summed E-state index contributed by atoms with van der Waals surface area (Å²) < 4.78 is 88.0. The predicted molar refractivity (Wildman–Crippen MR) is 187 cm³/mol. The number of hydrogen-bond donors (Lipinski definition) is 2. The van der Waals surface area contributed by atoms with Crippen LogP contribution in [0, 0.1) is 0 Å². The van der Waals surface area contributed by atoms with Crippen LogP contribution in [0.5, 0.6) is 5.75 Å². The minimum atomic E-state index is -4.57. The number of aliphatic imine (C=N–C) groups is 1. The second-order valence-corrected chi connectivity index (χ2v) is 16.4. The van der Waals surface area contributed by atoms with Crippen LogP contribution in [0.25, 0.3) is 10.8 Å². The predicted octanol–water partition coefficient (Wildman–Crippen LogP) is 2.48. The number of primary amides is 2. The maximum absolute atomic E-state index is 14.0. The lowest BCUT2D eigenvalue weighted by atomic mass is 10.1. The normalized spacial score (nSPS) is 11.8. The average Bonchev–Trinajstić information content (AvgIpc) is 3.07. The summed E-state index contributed by atoms with van der Waals surface area (Å²) in [5.41, 5.74) is 10.9. The molecule has 14 nitrogen and oxygen atoms in total. The van der Waals surface area contributed by atoms with Crippen LogP contribution in [0.2, 0.25) is 0 Å². The molecule has 4 N–H and O–H groups in total. The number of nitrogens with two attached hydrogens (primary N) is 2. The molecule has 0 aromatic heterocycles. The molecule has 0 heterocycles. The van der Waals surface area contributed by atoms with Crippen LogP contribution in [0.1, 0.15) is 6.42 Å². The highest BCUT2D eigenvalue weighted by Gasteiger charge is 2.32. The third-order valence-corrected chi connectivity index (χ3v) is 12.7. The number of nitrogens with zero attached hydrogens (tertiary/aromatic N) is 3. The van der Waals surface area contributed by atoms with E-state index in [1.165, 1.54) is 55.6 Å². The molecule has 0 spiro atoms. The molecule has 0 saturated carbocycles. The number of benzene rings is 4. The summed E-state index contributed by atoms with van der Waals surface area (Å²) in [6, 6.07) is 18.7. The average molecular weight is 746 g/mol. The minimum Gasteiger partial charge on any atom is -0.497 e. The maximum atomic E-state index is 14.0. The van der Waals surface area contributed by atoms with E-state index < -0.39 is 54.8 Å². The second-order valence-electron chi connectivity index (χ2n) is 10.4. The number of sulfonamides is 2. The molecule has 4 aromatic carbocycles. The summed E-state index contributed by atoms with van der Waals surface area (Å²) in [6.45, 7) is -1.41. The van der Waals surface area contributed by atoms with E-state index in [2.05, 4.69) is 22.4 Å². The summed E-state index contributed by atoms with van der Waals surface area (Å²) in [7, 11) is -11.3. The van der Waals surface area contributed by atoms with Gasteiger partial charge in [-0.15, -0.1) is 0 Å². The first-order valence-corrected chi connectivity index (χ1v) is 19.2. The molecule has 0 aliphatic rings. The Labute approximate surface area is 289 Å². The van der Waals surface area contributed by atoms with Crippen molar-refractivity contribution in [1.29, 1.82) is 0 Å². The molecule has 4 aromatic rings. The third-order valence-electron chi connectivity index (χ3n) is 7.18. The minimum absolute atomic E-state index is 0.00348. The molecule has 0 fully saturated rings. The molecule has 0 saturated heterocycles. The fraction of sp³-hybridized carbons (Fsp3) is 0.194. The molecule has 4 rings (SSSR count). The van der Waals surface area contributed by atoms with Crippen molar-refractivity contribution in [2.45, 2.75) is 21.1 Å². The van der Waals surface area contributed by atoms with E-state index in [1.54, 1.807) is 12.1 Å². The maximum Gasteiger partial charge on any atom is 0.264 e. The number of methoxy groups -OCH3 is 1. The fourth-order valence-corrected chi connectivity index (χ4v) is 9.19. The van der Waals surface area contributed by atoms with Crippen LogP contribution >= 0.6 is 12.2 Å². The number of carbonyl (C=O) groups is 2. The molecule has 49 heavy (non-hydrogen) atoms. The highest BCUT2D eigenvalue weighted by atomic mass is 32.2. The molecule has 2 amide bonds. The fourth-order valence-electron chi connectivity index (χ4n) is 4.90. The van der Waals surface area contributed by atoms with Crippen molar-refractivity contribution in [3.63, 3.8) is 0 Å². The summed E-state index contributed by atoms with van der Waals surface area (Å²) in [4.78, 5) is 27.4. The number of thiocarbonyl (C=S) groups is 1. The van der Waals surface area contributed by atoms with Crippen molar-refractivity contribution < 1.29 is 39.6 Å². The van der Waals surface area contributed by atoms with Crippen LogP contribution in [0.3, 0.4) is 0 Å². The quantitative estimate of drug-likeness (QED) is 0.0970. The highest BCUT2D eigenvalue weighted by molar-refractivity contribution is 7.93. The van der Waals surface area contributed by atoms with Crippen molar-refractivity contribution in [2.24, 2.45) is 16.5 Å². The molecule has 0 bridgehead atoms. The summed E-state index contributed by atoms with van der Waals surface area (Å²) in [6.07, 6.45) is 0.180. The zero-order chi connectivity index (χ0) is 36.0. The Morgan fingerprint density at radius 1 is 0.714 bits per heavy atom. The van der Waals surface area contributed by atoms with Crippen LogP contribution in [0.4, 0.5) is 11.4 Å². The Hall–Kier alpha value is -4.87. The molecule has 18 heteroatoms. The van der Waals surface area contributed by atoms with Crippen LogP contribution in [0.15, 0.2) is 105 Å². The van der Waals surface area contributed by atoms with Gasteiger partial charge in [-0.1, -0.05) is 24.3 Å². The van der Waals surface area contributed by atoms with E-state index in [1.807, 2.05) is 0 Å². The molecule has 0 aliphatic heterocycles. The van der Waals surface area contributed by atoms with Gasteiger partial charge in [-0.05, 0) is 79.3 Å². The monoisotopic (exact) mass is 745 g/mol. The van der Waals surface area contributed by atoms with Gasteiger partial charge in [0.25, 0.3) is 20.0 Å². The van der Waals surface area contributed by atoms with E-state index in [4.69, 9.17) is 16.2 Å². The van der Waals surface area contributed by atoms with Crippen molar-refractivity contribution in [3.8, 4) is 5.75 Å². The SMILES string of the molecule is COc1ccc(S(=O)(=O)N(CC(N)=O)c2ccc(N(CC(N)=O)S(=O)(=O)c3ccc(S(=O)(=O)CCCN=C=S)cc3)c3ccccc23)cc1. The van der Waals surface area contributed by atoms with Gasteiger partial charge in [0.05, 0.1) is 50.6 Å². The van der Waals surface area contributed by atoms with Crippen molar-refractivity contribution in [1.82, 2.24) is 0 Å². The summed E-state index contributed by atoms with van der Waals surface area (Å²) >= 11 is 4.48. The van der Waals surface area contributed by atoms with E-state index >= 15 is 0 Å². The Balaban J connectivity index is 1.83. The van der Waals surface area contributed by atoms with Gasteiger partial charge < -0.3 is 16.2 Å². The molecule has 0 unspecified atom stereocenters. The number of anilines is 2. The number of isothiocyanates is 1. The van der Waals surface area contributed by atoms with Crippen molar-refractivity contribution in [2.75, 3.05) is 41.1 Å². The lowest BCUT2D eigenvalue weighted by molar-refractivity contribution is -0.117. The van der Waals surface area contributed by atoms with Gasteiger partial charge >= 0.3 is 0 Å². The lowest BCUT2D eigenvalue weighted by Gasteiger charge is -2.28. The zero-order valence-electron chi connectivity index (χ0n) is 25.9. The van der Waals surface area contributed by atoms with Crippen LogP contribution in [-0.4, -0.2) is 74.7 Å². The summed E-state index contributed by atoms with van der Waals surface area (Å²) in [5.74, 6) is -1.83. The second kappa shape index (κ2) is 15.1. The van der Waals surface area contributed by atoms with Gasteiger partial charge in [0.15, 0.2) is 9.84 Å². The van der Waals surface area contributed by atoms with Crippen LogP contribution < -0.4 is 24.8 Å². The first-order valence-electron chi connectivity index (χ1n) is 14.3. The molecular weight excluding hydrogens is 715 g/mol. The van der Waals surface area contributed by atoms with Crippen molar-refractivity contribution >= 4 is 81.2 Å². The lowest BCUT2D eigenvalue weighted by Crippen LogP contribution is -2.39. The Kier molecular flexibility index (Phi) is 11.4. The van der Waals surface area contributed by atoms with Crippen molar-refractivity contribution in [3.05, 3.63) is 84.9 Å². The summed E-state index contributed by atoms with van der Waals surface area (Å²) in [5, 5.41) is 2.54. The molecule has 258 valence electrons. The van der Waals surface area contributed by atoms with Gasteiger partial charge in [0.2, 0.25) is 11.8 Å². The Bertz CT molecular complexity index is 2260. The van der Waals surface area contributed by atoms with E-state index in [0.29, 0.717) is 5.75 Å².